The third kappa shape index (κ3) is 7.32. The van der Waals surface area contributed by atoms with Crippen molar-refractivity contribution in [1.29, 1.82) is 0 Å². The lowest BCUT2D eigenvalue weighted by Crippen LogP contribution is -2.33. The summed E-state index contributed by atoms with van der Waals surface area (Å²) in [4.78, 5) is 11.5. The van der Waals surface area contributed by atoms with Crippen molar-refractivity contribution in [3.8, 4) is 0 Å². The predicted molar refractivity (Wildman–Crippen MR) is 65.6 cm³/mol. The summed E-state index contributed by atoms with van der Waals surface area (Å²) in [6, 6.07) is 0. The summed E-state index contributed by atoms with van der Waals surface area (Å²) in [5.41, 5.74) is -0.725. The van der Waals surface area contributed by atoms with E-state index in [2.05, 4.69) is 9.24 Å². The van der Waals surface area contributed by atoms with Gasteiger partial charge in [0.2, 0.25) is 0 Å². The second-order valence-corrected chi connectivity index (χ2v) is 4.74. The van der Waals surface area contributed by atoms with Crippen LogP contribution in [0.1, 0.15) is 48.0 Å². The van der Waals surface area contributed by atoms with E-state index in [1.807, 2.05) is 48.2 Å². The number of esters is 1. The fraction of sp³-hybridized carbons (Fsp3) is 0.909. The van der Waals surface area contributed by atoms with E-state index in [1.165, 1.54) is 0 Å². The number of rotatable bonds is 2. The Labute approximate surface area is 91.0 Å². The highest BCUT2D eigenvalue weighted by Gasteiger charge is 2.30. The first-order valence-corrected chi connectivity index (χ1v) is 6.16. The van der Waals surface area contributed by atoms with Crippen molar-refractivity contribution in [2.24, 2.45) is 5.41 Å². The quantitative estimate of drug-likeness (QED) is 0.527. The summed E-state index contributed by atoms with van der Waals surface area (Å²) < 4.78 is 5.25. The van der Waals surface area contributed by atoms with Crippen LogP contribution in [0.4, 0.5) is 0 Å². The minimum atomic E-state index is -0.372. The van der Waals surface area contributed by atoms with Gasteiger partial charge in [0.1, 0.15) is 5.60 Å². The first-order valence-electron chi connectivity index (χ1n) is 5.00. The Morgan fingerprint density at radius 2 is 1.50 bits per heavy atom. The standard InChI is InChI=1S/C10H20O2.CH5P/c1-7-10(5,6)8(11)12-9(2,3)4;1-2/h7H2,1-6H3;2H2,1H3. The average molecular weight is 220 g/mol. The molecule has 1 atom stereocenters. The summed E-state index contributed by atoms with van der Waals surface area (Å²) in [6.07, 6.45) is 0.807. The van der Waals surface area contributed by atoms with E-state index in [4.69, 9.17) is 4.74 Å². The van der Waals surface area contributed by atoms with E-state index < -0.39 is 0 Å². The summed E-state index contributed by atoms with van der Waals surface area (Å²) in [5, 5.41) is 0. The molecule has 2 nitrogen and oxygen atoms in total. The topological polar surface area (TPSA) is 26.3 Å². The second kappa shape index (κ2) is 6.40. The number of carbonyl (C=O) groups excluding carboxylic acids is 1. The Morgan fingerprint density at radius 1 is 1.14 bits per heavy atom. The summed E-state index contributed by atoms with van der Waals surface area (Å²) >= 11 is 0. The van der Waals surface area contributed by atoms with Gasteiger partial charge in [-0.15, -0.1) is 9.24 Å². The van der Waals surface area contributed by atoms with Gasteiger partial charge >= 0.3 is 5.97 Å². The molecule has 0 bridgehead atoms. The Hall–Kier alpha value is -0.100. The van der Waals surface area contributed by atoms with Crippen LogP contribution in [0.15, 0.2) is 0 Å². The van der Waals surface area contributed by atoms with E-state index in [1.54, 1.807) is 0 Å². The van der Waals surface area contributed by atoms with E-state index in [0.717, 1.165) is 6.42 Å². The van der Waals surface area contributed by atoms with Gasteiger partial charge in [-0.05, 0) is 41.0 Å². The van der Waals surface area contributed by atoms with Gasteiger partial charge < -0.3 is 4.74 Å². The van der Waals surface area contributed by atoms with Crippen LogP contribution in [0.3, 0.4) is 0 Å². The smallest absolute Gasteiger partial charge is 0.312 e. The zero-order chi connectivity index (χ0) is 12.0. The highest BCUT2D eigenvalue weighted by molar-refractivity contribution is 7.15. The van der Waals surface area contributed by atoms with Gasteiger partial charge in [-0.3, -0.25) is 4.79 Å². The molecular weight excluding hydrogens is 195 g/mol. The maximum atomic E-state index is 11.5. The lowest BCUT2D eigenvalue weighted by molar-refractivity contribution is -0.165. The highest BCUT2D eigenvalue weighted by Crippen LogP contribution is 2.24. The molecule has 86 valence electrons. The molecule has 0 saturated carbocycles. The van der Waals surface area contributed by atoms with Crippen molar-refractivity contribution in [2.75, 3.05) is 6.66 Å². The second-order valence-electron chi connectivity index (χ2n) is 4.74. The number of hydrogen-bond acceptors (Lipinski definition) is 2. The fourth-order valence-corrected chi connectivity index (χ4v) is 0.561. The normalized spacial score (nSPS) is 11.4. The number of ether oxygens (including phenoxy) is 1. The van der Waals surface area contributed by atoms with Gasteiger partial charge in [0.25, 0.3) is 0 Å². The number of carbonyl (C=O) groups is 1. The number of hydrogen-bond donors (Lipinski definition) is 0. The predicted octanol–water partition coefficient (Wildman–Crippen LogP) is 3.26. The van der Waals surface area contributed by atoms with Crippen molar-refractivity contribution < 1.29 is 9.53 Å². The van der Waals surface area contributed by atoms with Gasteiger partial charge in [-0.2, -0.15) is 0 Å². The molecule has 0 saturated heterocycles. The average Bonchev–Trinajstić information content (AvgIpc) is 2.05. The van der Waals surface area contributed by atoms with Gasteiger partial charge in [0.05, 0.1) is 5.41 Å². The minimum Gasteiger partial charge on any atom is -0.460 e. The molecule has 14 heavy (non-hydrogen) atoms. The molecule has 0 aromatic rings. The van der Waals surface area contributed by atoms with Crippen molar-refractivity contribution in [1.82, 2.24) is 0 Å². The molecule has 0 aliphatic rings. The fourth-order valence-electron chi connectivity index (χ4n) is 0.561. The van der Waals surface area contributed by atoms with Crippen LogP contribution in [-0.4, -0.2) is 18.2 Å². The van der Waals surface area contributed by atoms with Crippen LogP contribution in [-0.2, 0) is 9.53 Å². The molecule has 0 fully saturated rings. The molecule has 1 unspecified atom stereocenters. The molecule has 0 heterocycles. The van der Waals surface area contributed by atoms with Gasteiger partial charge in [0, 0.05) is 0 Å². The molecule has 3 heteroatoms. The van der Waals surface area contributed by atoms with Crippen LogP contribution in [0.25, 0.3) is 0 Å². The molecule has 0 amide bonds. The van der Waals surface area contributed by atoms with Crippen LogP contribution in [0.5, 0.6) is 0 Å². The molecular formula is C11H25O2P. The zero-order valence-electron chi connectivity index (χ0n) is 10.6. The summed E-state index contributed by atoms with van der Waals surface area (Å²) in [7, 11) is 2.42. The third-order valence-electron chi connectivity index (χ3n) is 1.84. The van der Waals surface area contributed by atoms with Gasteiger partial charge in [-0.25, -0.2) is 0 Å². The Morgan fingerprint density at radius 3 is 1.71 bits per heavy atom. The van der Waals surface area contributed by atoms with Crippen LogP contribution in [0, 0.1) is 5.41 Å². The maximum Gasteiger partial charge on any atom is 0.312 e. The monoisotopic (exact) mass is 220 g/mol. The van der Waals surface area contributed by atoms with Crippen LogP contribution in [0.2, 0.25) is 0 Å². The first kappa shape index (κ1) is 16.3. The maximum absolute atomic E-state index is 11.5. The molecule has 0 aromatic carbocycles. The Kier molecular flexibility index (Phi) is 7.46. The van der Waals surface area contributed by atoms with E-state index >= 15 is 0 Å². The SMILES string of the molecule is CCC(C)(C)C(=O)OC(C)(C)C.CP. The summed E-state index contributed by atoms with van der Waals surface area (Å²) in [6.45, 7) is 13.4. The molecule has 0 aliphatic carbocycles. The first-order chi connectivity index (χ1) is 6.19. The molecule has 0 rings (SSSR count). The summed E-state index contributed by atoms with van der Waals surface area (Å²) in [5.74, 6) is -0.113. The zero-order valence-corrected chi connectivity index (χ0v) is 11.8. The largest absolute Gasteiger partial charge is 0.460 e. The van der Waals surface area contributed by atoms with E-state index in [9.17, 15) is 4.79 Å². The minimum absolute atomic E-state index is 0.113. The van der Waals surface area contributed by atoms with Crippen LogP contribution >= 0.6 is 9.24 Å². The Bertz CT molecular complexity index is 169. The molecule has 0 N–H and O–H groups in total. The van der Waals surface area contributed by atoms with Gasteiger partial charge in [0.15, 0.2) is 0 Å². The van der Waals surface area contributed by atoms with Crippen molar-refractivity contribution in [3.63, 3.8) is 0 Å². The van der Waals surface area contributed by atoms with Gasteiger partial charge in [-0.1, -0.05) is 13.6 Å². The molecule has 0 spiro atoms. The third-order valence-corrected chi connectivity index (χ3v) is 1.84. The van der Waals surface area contributed by atoms with Crippen molar-refractivity contribution in [2.45, 2.75) is 53.6 Å². The molecule has 0 radical (unpaired) electrons. The molecule has 0 aromatic heterocycles. The molecule has 0 aliphatic heterocycles. The van der Waals surface area contributed by atoms with Crippen LogP contribution < -0.4 is 0 Å². The van der Waals surface area contributed by atoms with E-state index in [0.29, 0.717) is 0 Å². The Balaban J connectivity index is 0. The van der Waals surface area contributed by atoms with E-state index in [-0.39, 0.29) is 17.0 Å². The van der Waals surface area contributed by atoms with Crippen molar-refractivity contribution >= 4 is 15.2 Å². The van der Waals surface area contributed by atoms with Crippen molar-refractivity contribution in [3.05, 3.63) is 0 Å². The lowest BCUT2D eigenvalue weighted by Gasteiger charge is -2.27. The highest BCUT2D eigenvalue weighted by atomic mass is 31.0. The lowest BCUT2D eigenvalue weighted by atomic mass is 9.90.